The molecule has 0 radical (unpaired) electrons. The standard InChI is InChI=1S/C12H18N2S/c1-10-3-4-11-12(9-10)15-8-7-14(11)6-2-5-13/h3-4,9H,2,5-8,13H2,1H3. The summed E-state index contributed by atoms with van der Waals surface area (Å²) in [4.78, 5) is 3.89. The van der Waals surface area contributed by atoms with Crippen molar-refractivity contribution in [2.45, 2.75) is 18.2 Å². The molecule has 0 fully saturated rings. The molecule has 1 aromatic carbocycles. The molecule has 0 amide bonds. The summed E-state index contributed by atoms with van der Waals surface area (Å²) < 4.78 is 0. The van der Waals surface area contributed by atoms with Gasteiger partial charge in [-0.2, -0.15) is 0 Å². The minimum absolute atomic E-state index is 0.783. The van der Waals surface area contributed by atoms with E-state index in [4.69, 9.17) is 5.73 Å². The van der Waals surface area contributed by atoms with Crippen LogP contribution in [0.2, 0.25) is 0 Å². The first-order valence-corrected chi connectivity index (χ1v) is 6.48. The summed E-state index contributed by atoms with van der Waals surface area (Å²) in [7, 11) is 0. The van der Waals surface area contributed by atoms with Gasteiger partial charge in [-0.1, -0.05) is 6.07 Å². The summed E-state index contributed by atoms with van der Waals surface area (Å²) in [5, 5.41) is 0. The number of rotatable bonds is 3. The Balaban J connectivity index is 2.18. The van der Waals surface area contributed by atoms with Crippen molar-refractivity contribution in [1.29, 1.82) is 0 Å². The highest BCUT2D eigenvalue weighted by molar-refractivity contribution is 7.99. The first-order valence-electron chi connectivity index (χ1n) is 5.50. The first-order chi connectivity index (χ1) is 7.31. The molecule has 0 spiro atoms. The van der Waals surface area contributed by atoms with Crippen molar-refractivity contribution in [3.63, 3.8) is 0 Å². The second-order valence-corrected chi connectivity index (χ2v) is 5.09. The third-order valence-corrected chi connectivity index (χ3v) is 3.73. The fourth-order valence-corrected chi connectivity index (χ4v) is 3.04. The van der Waals surface area contributed by atoms with Crippen molar-refractivity contribution >= 4 is 17.4 Å². The SMILES string of the molecule is Cc1ccc2c(c1)SCCN2CCCN. The van der Waals surface area contributed by atoms with Gasteiger partial charge in [-0.05, 0) is 37.6 Å². The second-order valence-electron chi connectivity index (χ2n) is 3.95. The van der Waals surface area contributed by atoms with Gasteiger partial charge in [0.05, 0.1) is 5.69 Å². The fourth-order valence-electron chi connectivity index (χ4n) is 1.90. The van der Waals surface area contributed by atoms with Gasteiger partial charge in [0.15, 0.2) is 0 Å². The van der Waals surface area contributed by atoms with E-state index in [1.807, 2.05) is 11.8 Å². The molecule has 1 aliphatic rings. The summed E-state index contributed by atoms with van der Waals surface area (Å²) >= 11 is 1.97. The minimum Gasteiger partial charge on any atom is -0.370 e. The molecule has 0 unspecified atom stereocenters. The third-order valence-electron chi connectivity index (χ3n) is 2.71. The van der Waals surface area contributed by atoms with Crippen LogP contribution in [0.15, 0.2) is 23.1 Å². The molecule has 0 aliphatic carbocycles. The Hall–Kier alpha value is -0.670. The third kappa shape index (κ3) is 2.47. The Bertz CT molecular complexity index is 338. The van der Waals surface area contributed by atoms with Crippen LogP contribution in [0.4, 0.5) is 5.69 Å². The van der Waals surface area contributed by atoms with E-state index in [0.29, 0.717) is 0 Å². The number of fused-ring (bicyclic) bond motifs is 1. The van der Waals surface area contributed by atoms with E-state index in [2.05, 4.69) is 30.0 Å². The Labute approximate surface area is 95.8 Å². The molecule has 1 aliphatic heterocycles. The highest BCUT2D eigenvalue weighted by Crippen LogP contribution is 2.35. The first kappa shape index (κ1) is 10.8. The molecular formula is C12H18N2S. The van der Waals surface area contributed by atoms with Gasteiger partial charge in [-0.3, -0.25) is 0 Å². The van der Waals surface area contributed by atoms with Gasteiger partial charge in [-0.15, -0.1) is 11.8 Å². The van der Waals surface area contributed by atoms with Crippen molar-refractivity contribution in [1.82, 2.24) is 0 Å². The molecule has 0 atom stereocenters. The zero-order valence-electron chi connectivity index (χ0n) is 9.20. The number of benzene rings is 1. The zero-order chi connectivity index (χ0) is 10.7. The van der Waals surface area contributed by atoms with Crippen LogP contribution in [0.1, 0.15) is 12.0 Å². The van der Waals surface area contributed by atoms with Crippen LogP contribution in [-0.4, -0.2) is 25.4 Å². The van der Waals surface area contributed by atoms with Crippen LogP contribution in [0.25, 0.3) is 0 Å². The van der Waals surface area contributed by atoms with E-state index in [-0.39, 0.29) is 0 Å². The minimum atomic E-state index is 0.783. The van der Waals surface area contributed by atoms with Crippen LogP contribution in [-0.2, 0) is 0 Å². The lowest BCUT2D eigenvalue weighted by Gasteiger charge is -2.31. The lowest BCUT2D eigenvalue weighted by molar-refractivity contribution is 0.747. The summed E-state index contributed by atoms with van der Waals surface area (Å²) in [5.41, 5.74) is 8.30. The predicted molar refractivity (Wildman–Crippen MR) is 67.8 cm³/mol. The quantitative estimate of drug-likeness (QED) is 0.850. The summed E-state index contributed by atoms with van der Waals surface area (Å²) in [6.45, 7) is 5.18. The van der Waals surface area contributed by atoms with Gasteiger partial charge in [0.2, 0.25) is 0 Å². The molecule has 0 saturated heterocycles. The lowest BCUT2D eigenvalue weighted by Crippen LogP contribution is -2.31. The van der Waals surface area contributed by atoms with E-state index in [1.165, 1.54) is 21.9 Å². The van der Waals surface area contributed by atoms with Gasteiger partial charge < -0.3 is 10.6 Å². The molecule has 82 valence electrons. The van der Waals surface area contributed by atoms with Gasteiger partial charge >= 0.3 is 0 Å². The maximum atomic E-state index is 5.56. The smallest absolute Gasteiger partial charge is 0.0504 e. The Morgan fingerprint density at radius 1 is 1.47 bits per heavy atom. The van der Waals surface area contributed by atoms with E-state index in [0.717, 1.165) is 26.1 Å². The molecule has 0 aromatic heterocycles. The van der Waals surface area contributed by atoms with E-state index in [9.17, 15) is 0 Å². The Morgan fingerprint density at radius 3 is 3.13 bits per heavy atom. The summed E-state index contributed by atoms with van der Waals surface area (Å²) in [6.07, 6.45) is 1.08. The normalized spacial score (nSPS) is 15.2. The molecule has 1 heterocycles. The highest BCUT2D eigenvalue weighted by atomic mass is 32.2. The molecule has 15 heavy (non-hydrogen) atoms. The molecule has 2 N–H and O–H groups in total. The summed E-state index contributed by atoms with van der Waals surface area (Å²) in [5.74, 6) is 1.20. The van der Waals surface area contributed by atoms with Crippen molar-refractivity contribution in [2.24, 2.45) is 5.73 Å². The van der Waals surface area contributed by atoms with Gasteiger partial charge in [0, 0.05) is 23.7 Å². The van der Waals surface area contributed by atoms with Crippen LogP contribution in [0, 0.1) is 6.92 Å². The average molecular weight is 222 g/mol. The highest BCUT2D eigenvalue weighted by Gasteiger charge is 2.16. The van der Waals surface area contributed by atoms with Crippen molar-refractivity contribution in [3.05, 3.63) is 23.8 Å². The van der Waals surface area contributed by atoms with Crippen LogP contribution in [0.3, 0.4) is 0 Å². The number of hydrogen-bond acceptors (Lipinski definition) is 3. The molecule has 1 aromatic rings. The predicted octanol–water partition coefficient (Wildman–Crippen LogP) is 2.26. The Kier molecular flexibility index (Phi) is 3.54. The Morgan fingerprint density at radius 2 is 2.33 bits per heavy atom. The molecular weight excluding hydrogens is 204 g/mol. The van der Waals surface area contributed by atoms with E-state index >= 15 is 0 Å². The van der Waals surface area contributed by atoms with Crippen molar-refractivity contribution < 1.29 is 0 Å². The van der Waals surface area contributed by atoms with Crippen molar-refractivity contribution in [3.8, 4) is 0 Å². The molecule has 3 heteroatoms. The maximum absolute atomic E-state index is 5.56. The fraction of sp³-hybridized carbons (Fsp3) is 0.500. The van der Waals surface area contributed by atoms with Gasteiger partial charge in [0.25, 0.3) is 0 Å². The van der Waals surface area contributed by atoms with Crippen LogP contribution in [0.5, 0.6) is 0 Å². The van der Waals surface area contributed by atoms with Gasteiger partial charge in [-0.25, -0.2) is 0 Å². The lowest BCUT2D eigenvalue weighted by atomic mass is 10.2. The number of hydrogen-bond donors (Lipinski definition) is 1. The van der Waals surface area contributed by atoms with E-state index < -0.39 is 0 Å². The largest absolute Gasteiger partial charge is 0.370 e. The zero-order valence-corrected chi connectivity index (χ0v) is 10.0. The monoisotopic (exact) mass is 222 g/mol. The van der Waals surface area contributed by atoms with Crippen LogP contribution >= 0.6 is 11.8 Å². The number of thioether (sulfide) groups is 1. The average Bonchev–Trinajstić information content (AvgIpc) is 2.25. The number of nitrogens with zero attached hydrogens (tertiary/aromatic N) is 1. The number of nitrogens with two attached hydrogens (primary N) is 1. The van der Waals surface area contributed by atoms with E-state index in [1.54, 1.807) is 0 Å². The van der Waals surface area contributed by atoms with Crippen molar-refractivity contribution in [2.75, 3.05) is 30.3 Å². The molecule has 2 rings (SSSR count). The van der Waals surface area contributed by atoms with Crippen LogP contribution < -0.4 is 10.6 Å². The van der Waals surface area contributed by atoms with Gasteiger partial charge in [0.1, 0.15) is 0 Å². The molecule has 2 nitrogen and oxygen atoms in total. The summed E-state index contributed by atoms with van der Waals surface area (Å²) in [6, 6.07) is 6.72. The number of anilines is 1. The topological polar surface area (TPSA) is 29.3 Å². The molecule has 0 bridgehead atoms. The second kappa shape index (κ2) is 4.90. The number of aryl methyl sites for hydroxylation is 1. The molecule has 0 saturated carbocycles. The maximum Gasteiger partial charge on any atom is 0.0504 e.